The van der Waals surface area contributed by atoms with Gasteiger partial charge in [0.2, 0.25) is 5.91 Å². The van der Waals surface area contributed by atoms with Gasteiger partial charge in [0.05, 0.1) is 5.54 Å². The lowest BCUT2D eigenvalue weighted by molar-refractivity contribution is -0.131. The number of rotatable bonds is 1. The van der Waals surface area contributed by atoms with Crippen molar-refractivity contribution in [3.63, 3.8) is 0 Å². The number of aryl methyl sites for hydroxylation is 1. The third-order valence-electron chi connectivity index (χ3n) is 4.93. The first-order chi connectivity index (χ1) is 9.73. The summed E-state index contributed by atoms with van der Waals surface area (Å²) < 4.78 is 2.21. The van der Waals surface area contributed by atoms with E-state index in [4.69, 9.17) is 0 Å². The maximum Gasteiger partial charge on any atom is 0.223 e. The summed E-state index contributed by atoms with van der Waals surface area (Å²) in [5, 5.41) is 0. The molecule has 0 radical (unpaired) electrons. The fraction of sp³-hybridized carbons (Fsp3) is 0.353. The summed E-state index contributed by atoms with van der Waals surface area (Å²) in [6.45, 7) is 0.832. The van der Waals surface area contributed by atoms with Crippen LogP contribution in [0.2, 0.25) is 0 Å². The van der Waals surface area contributed by atoms with E-state index in [0.29, 0.717) is 12.3 Å². The number of nitrogens with zero attached hydrogens (tertiary/aromatic N) is 2. The average molecular weight is 266 g/mol. The number of carbonyl (C=O) groups excluding carboxylic acids is 1. The minimum absolute atomic E-state index is 0.229. The van der Waals surface area contributed by atoms with Crippen molar-refractivity contribution in [3.05, 3.63) is 59.4 Å². The highest BCUT2D eigenvalue weighted by atomic mass is 16.2. The zero-order valence-electron chi connectivity index (χ0n) is 11.7. The van der Waals surface area contributed by atoms with Crippen LogP contribution in [0.4, 0.5) is 0 Å². The molecule has 3 nitrogen and oxygen atoms in total. The van der Waals surface area contributed by atoms with Gasteiger partial charge in [-0.05, 0) is 18.1 Å². The molecule has 0 saturated carbocycles. The number of aromatic nitrogens is 1. The van der Waals surface area contributed by atoms with Crippen molar-refractivity contribution in [2.75, 3.05) is 6.54 Å². The van der Waals surface area contributed by atoms with Gasteiger partial charge in [0.15, 0.2) is 0 Å². The van der Waals surface area contributed by atoms with Crippen molar-refractivity contribution < 1.29 is 4.79 Å². The highest BCUT2D eigenvalue weighted by molar-refractivity contribution is 5.82. The summed E-state index contributed by atoms with van der Waals surface area (Å²) in [6, 6.07) is 12.7. The van der Waals surface area contributed by atoms with Crippen LogP contribution in [-0.2, 0) is 23.8 Å². The molecule has 1 aromatic carbocycles. The van der Waals surface area contributed by atoms with Crippen LogP contribution >= 0.6 is 0 Å². The molecule has 0 aliphatic carbocycles. The zero-order chi connectivity index (χ0) is 13.7. The number of fused-ring (bicyclic) bond motifs is 3. The van der Waals surface area contributed by atoms with Crippen LogP contribution < -0.4 is 0 Å². The highest BCUT2D eigenvalue weighted by Gasteiger charge is 2.51. The Morgan fingerprint density at radius 1 is 1.10 bits per heavy atom. The van der Waals surface area contributed by atoms with Crippen LogP contribution in [-0.4, -0.2) is 21.9 Å². The molecule has 1 amide bonds. The summed E-state index contributed by atoms with van der Waals surface area (Å²) in [4.78, 5) is 14.4. The average Bonchev–Trinajstić information content (AvgIpc) is 3.03. The van der Waals surface area contributed by atoms with Crippen molar-refractivity contribution in [1.29, 1.82) is 0 Å². The molecule has 1 aromatic heterocycles. The van der Waals surface area contributed by atoms with Gasteiger partial charge in [0.25, 0.3) is 0 Å². The molecule has 4 rings (SSSR count). The zero-order valence-corrected chi connectivity index (χ0v) is 11.7. The lowest BCUT2D eigenvalue weighted by Gasteiger charge is -2.43. The lowest BCUT2D eigenvalue weighted by atomic mass is 9.78. The monoisotopic (exact) mass is 266 g/mol. The SMILES string of the molecule is Cn1ccc2c1CCN1C(=O)CCC21c1ccccc1. The Labute approximate surface area is 118 Å². The number of amides is 1. The van der Waals surface area contributed by atoms with E-state index < -0.39 is 0 Å². The van der Waals surface area contributed by atoms with Crippen LogP contribution in [0.1, 0.15) is 29.7 Å². The van der Waals surface area contributed by atoms with Crippen LogP contribution in [0.15, 0.2) is 42.6 Å². The molecule has 0 spiro atoms. The van der Waals surface area contributed by atoms with Gasteiger partial charge in [-0.1, -0.05) is 30.3 Å². The Morgan fingerprint density at radius 2 is 1.90 bits per heavy atom. The summed E-state index contributed by atoms with van der Waals surface area (Å²) in [5.74, 6) is 0.295. The van der Waals surface area contributed by atoms with Gasteiger partial charge < -0.3 is 9.47 Å². The molecule has 3 heteroatoms. The minimum atomic E-state index is -0.229. The Bertz CT molecular complexity index is 674. The molecule has 1 saturated heterocycles. The van der Waals surface area contributed by atoms with Crippen LogP contribution in [0.25, 0.3) is 0 Å². The molecule has 20 heavy (non-hydrogen) atoms. The van der Waals surface area contributed by atoms with Gasteiger partial charge in [-0.2, -0.15) is 0 Å². The number of hydrogen-bond donors (Lipinski definition) is 0. The first-order valence-electron chi connectivity index (χ1n) is 7.24. The number of hydrogen-bond acceptors (Lipinski definition) is 1. The van der Waals surface area contributed by atoms with Crippen molar-refractivity contribution in [2.45, 2.75) is 24.8 Å². The Kier molecular flexibility index (Phi) is 2.34. The smallest absolute Gasteiger partial charge is 0.223 e. The maximum atomic E-state index is 12.3. The van der Waals surface area contributed by atoms with Crippen LogP contribution in [0.3, 0.4) is 0 Å². The van der Waals surface area contributed by atoms with Gasteiger partial charge in [-0.3, -0.25) is 4.79 Å². The fourth-order valence-electron chi connectivity index (χ4n) is 4.00. The molecule has 1 fully saturated rings. The van der Waals surface area contributed by atoms with E-state index in [0.717, 1.165) is 19.4 Å². The molecule has 102 valence electrons. The fourth-order valence-corrected chi connectivity index (χ4v) is 4.00. The second-order valence-corrected chi connectivity index (χ2v) is 5.81. The van der Waals surface area contributed by atoms with Gasteiger partial charge in [0, 0.05) is 43.9 Å². The summed E-state index contributed by atoms with van der Waals surface area (Å²) in [5.41, 5.74) is 3.72. The van der Waals surface area contributed by atoms with E-state index in [1.807, 2.05) is 6.07 Å². The quantitative estimate of drug-likeness (QED) is 0.778. The topological polar surface area (TPSA) is 25.2 Å². The molecule has 2 aliphatic heterocycles. The van der Waals surface area contributed by atoms with Gasteiger partial charge in [-0.25, -0.2) is 0 Å². The normalized spacial score (nSPS) is 24.6. The van der Waals surface area contributed by atoms with Crippen molar-refractivity contribution in [3.8, 4) is 0 Å². The molecule has 1 unspecified atom stereocenters. The molecule has 0 bridgehead atoms. The third kappa shape index (κ3) is 1.33. The second-order valence-electron chi connectivity index (χ2n) is 5.81. The lowest BCUT2D eigenvalue weighted by Crippen LogP contribution is -2.48. The van der Waals surface area contributed by atoms with E-state index in [1.165, 1.54) is 16.8 Å². The van der Waals surface area contributed by atoms with E-state index >= 15 is 0 Å². The summed E-state index contributed by atoms with van der Waals surface area (Å²) in [7, 11) is 2.10. The number of carbonyl (C=O) groups is 1. The molecule has 3 heterocycles. The van der Waals surface area contributed by atoms with E-state index in [-0.39, 0.29) is 5.54 Å². The number of benzene rings is 1. The first kappa shape index (κ1) is 11.8. The molecule has 1 atom stereocenters. The van der Waals surface area contributed by atoms with Gasteiger partial charge in [0.1, 0.15) is 0 Å². The molecular formula is C17H18N2O. The molecule has 2 aliphatic rings. The first-order valence-corrected chi connectivity index (χ1v) is 7.24. The van der Waals surface area contributed by atoms with Gasteiger partial charge >= 0.3 is 0 Å². The minimum Gasteiger partial charge on any atom is -0.354 e. The predicted octanol–water partition coefficient (Wildman–Crippen LogP) is 2.45. The third-order valence-corrected chi connectivity index (χ3v) is 4.93. The molecule has 2 aromatic rings. The van der Waals surface area contributed by atoms with Crippen LogP contribution in [0, 0.1) is 0 Å². The maximum absolute atomic E-state index is 12.3. The second kappa shape index (κ2) is 3.98. The van der Waals surface area contributed by atoms with Crippen molar-refractivity contribution in [2.24, 2.45) is 7.05 Å². The van der Waals surface area contributed by atoms with Crippen LogP contribution in [0.5, 0.6) is 0 Å². The standard InChI is InChI=1S/C17H18N2O/c1-18-11-8-14-15(18)9-12-19-16(20)7-10-17(14,19)13-5-3-2-4-6-13/h2-6,8,11H,7,9-10,12H2,1H3. The predicted molar refractivity (Wildman–Crippen MR) is 77.3 cm³/mol. The van der Waals surface area contributed by atoms with E-state index in [2.05, 4.69) is 53.0 Å². The molecular weight excluding hydrogens is 248 g/mol. The Balaban J connectivity index is 1.99. The summed E-state index contributed by atoms with van der Waals surface area (Å²) in [6.07, 6.45) is 4.64. The Morgan fingerprint density at radius 3 is 2.70 bits per heavy atom. The summed E-state index contributed by atoms with van der Waals surface area (Å²) >= 11 is 0. The highest BCUT2D eigenvalue weighted by Crippen LogP contribution is 2.48. The largest absolute Gasteiger partial charge is 0.354 e. The van der Waals surface area contributed by atoms with Gasteiger partial charge in [-0.15, -0.1) is 0 Å². The Hall–Kier alpha value is -2.03. The van der Waals surface area contributed by atoms with Crippen molar-refractivity contribution in [1.82, 2.24) is 9.47 Å². The van der Waals surface area contributed by atoms with E-state index in [1.54, 1.807) is 0 Å². The molecule has 0 N–H and O–H groups in total. The van der Waals surface area contributed by atoms with Crippen molar-refractivity contribution >= 4 is 5.91 Å². The van der Waals surface area contributed by atoms with E-state index in [9.17, 15) is 4.79 Å².